The molecule has 7 heteroatoms. The molecule has 1 N–H and O–H groups in total. The molecule has 3 aromatic rings. The predicted octanol–water partition coefficient (Wildman–Crippen LogP) is 5.58. The Morgan fingerprint density at radius 1 is 1.00 bits per heavy atom. The second kappa shape index (κ2) is 10.5. The van der Waals surface area contributed by atoms with Gasteiger partial charge in [-0.25, -0.2) is 0 Å². The number of ether oxygens (including phenoxy) is 1. The zero-order chi connectivity index (χ0) is 22.3. The number of hydrogen-bond acceptors (Lipinski definition) is 5. The van der Waals surface area contributed by atoms with E-state index < -0.39 is 6.10 Å². The van der Waals surface area contributed by atoms with Crippen LogP contribution in [0.1, 0.15) is 32.6 Å². The van der Waals surface area contributed by atoms with Crippen molar-refractivity contribution in [3.8, 4) is 17.0 Å². The zero-order valence-electron chi connectivity index (χ0n) is 18.1. The summed E-state index contributed by atoms with van der Waals surface area (Å²) < 4.78 is 5.70. The molecule has 2 aromatic carbocycles. The number of anilines is 2. The molecular weight excluding hydrogens is 424 g/mol. The third kappa shape index (κ3) is 5.56. The Hall–Kier alpha value is -3.12. The van der Waals surface area contributed by atoms with Crippen LogP contribution >= 0.6 is 11.6 Å². The number of aromatic nitrogens is 2. The van der Waals surface area contributed by atoms with Crippen molar-refractivity contribution in [2.45, 2.75) is 38.7 Å². The summed E-state index contributed by atoms with van der Waals surface area (Å²) in [6.45, 7) is 3.75. The average molecular weight is 451 g/mol. The summed E-state index contributed by atoms with van der Waals surface area (Å²) in [5.74, 6) is 1.14. The number of para-hydroxylation sites is 1. The number of hydrogen-bond donors (Lipinski definition) is 1. The zero-order valence-corrected chi connectivity index (χ0v) is 18.9. The summed E-state index contributed by atoms with van der Waals surface area (Å²) in [6.07, 6.45) is 4.25. The minimum Gasteiger partial charge on any atom is -0.479 e. The van der Waals surface area contributed by atoms with Crippen LogP contribution in [0, 0.1) is 0 Å². The van der Waals surface area contributed by atoms with Gasteiger partial charge in [0, 0.05) is 24.3 Å². The highest BCUT2D eigenvalue weighted by atomic mass is 35.5. The third-order valence-electron chi connectivity index (χ3n) is 5.52. The summed E-state index contributed by atoms with van der Waals surface area (Å²) in [7, 11) is 0. The Bertz CT molecular complexity index is 1050. The van der Waals surface area contributed by atoms with Gasteiger partial charge in [0.2, 0.25) is 0 Å². The number of carbonyl (C=O) groups is 1. The van der Waals surface area contributed by atoms with Gasteiger partial charge in [-0.3, -0.25) is 4.79 Å². The number of halogens is 1. The molecule has 1 aliphatic rings. The van der Waals surface area contributed by atoms with Gasteiger partial charge < -0.3 is 15.0 Å². The predicted molar refractivity (Wildman–Crippen MR) is 128 cm³/mol. The van der Waals surface area contributed by atoms with Crippen LogP contribution in [0.3, 0.4) is 0 Å². The molecule has 2 heterocycles. The molecule has 32 heavy (non-hydrogen) atoms. The van der Waals surface area contributed by atoms with Crippen LogP contribution in [0.5, 0.6) is 5.75 Å². The standard InChI is InChI=1S/C25H27ClN4O2/c1-18(32-23-12-5-4-11-21(23)26)25(31)27-20-10-8-9-19(17-20)22-13-14-24(29-28-22)30-15-6-2-3-7-16-30/h4-5,8-14,17-18H,2-3,6-7,15-16H2,1H3,(H,27,31). The van der Waals surface area contributed by atoms with E-state index in [9.17, 15) is 4.79 Å². The van der Waals surface area contributed by atoms with Crippen LogP contribution < -0.4 is 15.0 Å². The second-order valence-electron chi connectivity index (χ2n) is 7.94. The van der Waals surface area contributed by atoms with Gasteiger partial charge in [-0.15, -0.1) is 10.2 Å². The molecule has 1 saturated heterocycles. The molecule has 6 nitrogen and oxygen atoms in total. The maximum absolute atomic E-state index is 12.6. The van der Waals surface area contributed by atoms with Gasteiger partial charge in [-0.2, -0.15) is 0 Å². The molecule has 0 bridgehead atoms. The van der Waals surface area contributed by atoms with Crippen LogP contribution in [-0.2, 0) is 4.79 Å². The molecule has 1 fully saturated rings. The smallest absolute Gasteiger partial charge is 0.265 e. The first kappa shape index (κ1) is 22.1. The van der Waals surface area contributed by atoms with Gasteiger partial charge in [0.05, 0.1) is 10.7 Å². The summed E-state index contributed by atoms with van der Waals surface area (Å²) >= 11 is 6.12. The van der Waals surface area contributed by atoms with E-state index in [4.69, 9.17) is 16.3 Å². The molecule has 166 valence electrons. The number of amides is 1. The highest BCUT2D eigenvalue weighted by Crippen LogP contribution is 2.26. The quantitative estimate of drug-likeness (QED) is 0.530. The van der Waals surface area contributed by atoms with Crippen molar-refractivity contribution in [3.63, 3.8) is 0 Å². The molecule has 0 aliphatic carbocycles. The van der Waals surface area contributed by atoms with E-state index in [1.165, 1.54) is 25.7 Å². The van der Waals surface area contributed by atoms with Crippen LogP contribution in [0.2, 0.25) is 5.02 Å². The first-order chi connectivity index (χ1) is 15.6. The molecule has 1 aliphatic heterocycles. The SMILES string of the molecule is CC(Oc1ccccc1Cl)C(=O)Nc1cccc(-c2ccc(N3CCCCCC3)nn2)c1. The highest BCUT2D eigenvalue weighted by Gasteiger charge is 2.17. The number of nitrogens with one attached hydrogen (secondary N) is 1. The van der Waals surface area contributed by atoms with E-state index in [0.717, 1.165) is 30.2 Å². The molecular formula is C25H27ClN4O2. The number of rotatable bonds is 6. The Morgan fingerprint density at radius 3 is 2.50 bits per heavy atom. The molecule has 4 rings (SSSR count). The van der Waals surface area contributed by atoms with E-state index in [-0.39, 0.29) is 5.91 Å². The van der Waals surface area contributed by atoms with E-state index in [1.807, 2.05) is 48.5 Å². The molecule has 0 saturated carbocycles. The summed E-state index contributed by atoms with van der Waals surface area (Å²) in [5.41, 5.74) is 2.32. The van der Waals surface area contributed by atoms with Crippen molar-refractivity contribution in [1.82, 2.24) is 10.2 Å². The van der Waals surface area contributed by atoms with E-state index in [0.29, 0.717) is 16.5 Å². The normalized spacial score (nSPS) is 15.0. The average Bonchev–Trinajstić information content (AvgIpc) is 3.10. The van der Waals surface area contributed by atoms with Gasteiger partial charge in [0.25, 0.3) is 5.91 Å². The molecule has 0 radical (unpaired) electrons. The number of carbonyl (C=O) groups excluding carboxylic acids is 1. The molecule has 1 unspecified atom stereocenters. The van der Waals surface area contributed by atoms with E-state index >= 15 is 0 Å². The van der Waals surface area contributed by atoms with Crippen molar-refractivity contribution < 1.29 is 9.53 Å². The highest BCUT2D eigenvalue weighted by molar-refractivity contribution is 6.32. The van der Waals surface area contributed by atoms with Crippen LogP contribution in [0.25, 0.3) is 11.3 Å². The summed E-state index contributed by atoms with van der Waals surface area (Å²) in [5, 5.41) is 12.2. The minimum absolute atomic E-state index is 0.260. The molecule has 1 atom stereocenters. The number of benzene rings is 2. The van der Waals surface area contributed by atoms with Crippen molar-refractivity contribution in [2.24, 2.45) is 0 Å². The van der Waals surface area contributed by atoms with Crippen molar-refractivity contribution in [1.29, 1.82) is 0 Å². The maximum atomic E-state index is 12.6. The Morgan fingerprint density at radius 2 is 1.78 bits per heavy atom. The first-order valence-electron chi connectivity index (χ1n) is 11.0. The lowest BCUT2D eigenvalue weighted by molar-refractivity contribution is -0.122. The largest absolute Gasteiger partial charge is 0.479 e. The van der Waals surface area contributed by atoms with Gasteiger partial charge in [-0.05, 0) is 56.2 Å². The maximum Gasteiger partial charge on any atom is 0.265 e. The summed E-state index contributed by atoms with van der Waals surface area (Å²) in [6, 6.07) is 18.7. The Labute approximate surface area is 193 Å². The van der Waals surface area contributed by atoms with E-state index in [2.05, 4.69) is 20.4 Å². The Kier molecular flexibility index (Phi) is 7.22. The van der Waals surface area contributed by atoms with Crippen molar-refractivity contribution >= 4 is 29.0 Å². The monoisotopic (exact) mass is 450 g/mol. The third-order valence-corrected chi connectivity index (χ3v) is 5.83. The minimum atomic E-state index is -0.703. The lowest BCUT2D eigenvalue weighted by Gasteiger charge is -2.20. The van der Waals surface area contributed by atoms with Gasteiger partial charge in [-0.1, -0.05) is 48.7 Å². The molecule has 0 spiro atoms. The van der Waals surface area contributed by atoms with Crippen molar-refractivity contribution in [2.75, 3.05) is 23.3 Å². The van der Waals surface area contributed by atoms with Gasteiger partial charge >= 0.3 is 0 Å². The molecule has 1 aromatic heterocycles. The lowest BCUT2D eigenvalue weighted by Crippen LogP contribution is -2.30. The first-order valence-corrected chi connectivity index (χ1v) is 11.4. The Balaban J connectivity index is 1.41. The fraction of sp³-hybridized carbons (Fsp3) is 0.320. The number of nitrogens with zero attached hydrogens (tertiary/aromatic N) is 3. The van der Waals surface area contributed by atoms with Crippen LogP contribution in [-0.4, -0.2) is 35.3 Å². The fourth-order valence-corrected chi connectivity index (χ4v) is 3.91. The summed E-state index contributed by atoms with van der Waals surface area (Å²) in [4.78, 5) is 14.9. The van der Waals surface area contributed by atoms with Gasteiger partial charge in [0.15, 0.2) is 11.9 Å². The topological polar surface area (TPSA) is 67.3 Å². The lowest BCUT2D eigenvalue weighted by atomic mass is 10.1. The second-order valence-corrected chi connectivity index (χ2v) is 8.35. The fourth-order valence-electron chi connectivity index (χ4n) is 3.73. The van der Waals surface area contributed by atoms with Crippen molar-refractivity contribution in [3.05, 3.63) is 65.7 Å². The van der Waals surface area contributed by atoms with Gasteiger partial charge in [0.1, 0.15) is 5.75 Å². The van der Waals surface area contributed by atoms with E-state index in [1.54, 1.807) is 19.1 Å². The van der Waals surface area contributed by atoms with Crippen LogP contribution in [0.4, 0.5) is 11.5 Å². The molecule has 1 amide bonds. The van der Waals surface area contributed by atoms with Crippen LogP contribution in [0.15, 0.2) is 60.7 Å².